The number of nitriles is 1. The summed E-state index contributed by atoms with van der Waals surface area (Å²) in [5.41, 5.74) is 1.68. The van der Waals surface area contributed by atoms with Crippen LogP contribution in [-0.2, 0) is 6.54 Å². The van der Waals surface area contributed by atoms with Gasteiger partial charge in [0.05, 0.1) is 5.56 Å². The van der Waals surface area contributed by atoms with Gasteiger partial charge in [-0.15, -0.1) is 0 Å². The quantitative estimate of drug-likeness (QED) is 0.907. The Labute approximate surface area is 110 Å². The molecule has 0 aliphatic heterocycles. The van der Waals surface area contributed by atoms with Gasteiger partial charge in [0.25, 0.3) is 0 Å². The Hall–Kier alpha value is -2.05. The fourth-order valence-corrected chi connectivity index (χ4v) is 1.78. The van der Waals surface area contributed by atoms with E-state index in [2.05, 4.69) is 5.32 Å². The highest BCUT2D eigenvalue weighted by atomic mass is 35.5. The van der Waals surface area contributed by atoms with Gasteiger partial charge >= 0.3 is 0 Å². The predicted molar refractivity (Wildman–Crippen MR) is 69.9 cm³/mol. The second kappa shape index (κ2) is 5.52. The number of hydrogen-bond acceptors (Lipinski definition) is 2. The van der Waals surface area contributed by atoms with E-state index < -0.39 is 5.82 Å². The maximum absolute atomic E-state index is 13.4. The van der Waals surface area contributed by atoms with Crippen molar-refractivity contribution in [1.29, 1.82) is 5.26 Å². The van der Waals surface area contributed by atoms with Gasteiger partial charge in [-0.3, -0.25) is 0 Å². The van der Waals surface area contributed by atoms with Gasteiger partial charge in [0.15, 0.2) is 0 Å². The van der Waals surface area contributed by atoms with Gasteiger partial charge in [0.2, 0.25) is 0 Å². The van der Waals surface area contributed by atoms with E-state index in [0.29, 0.717) is 17.3 Å². The summed E-state index contributed by atoms with van der Waals surface area (Å²) in [6.07, 6.45) is 0. The molecule has 0 bridgehead atoms. The number of anilines is 1. The van der Waals surface area contributed by atoms with E-state index >= 15 is 0 Å². The first-order chi connectivity index (χ1) is 8.69. The standard InChI is InChI=1S/C14H10ClFN2/c15-12-3-1-2-10(6-12)9-18-13-5-4-11(8-17)14(16)7-13/h1-7,18H,9H2. The van der Waals surface area contributed by atoms with Crippen LogP contribution in [0.15, 0.2) is 42.5 Å². The smallest absolute Gasteiger partial charge is 0.143 e. The molecule has 0 saturated carbocycles. The van der Waals surface area contributed by atoms with Crippen molar-refractivity contribution in [3.05, 3.63) is 64.4 Å². The Balaban J connectivity index is 2.07. The van der Waals surface area contributed by atoms with Crippen LogP contribution in [0.25, 0.3) is 0 Å². The highest BCUT2D eigenvalue weighted by Crippen LogP contribution is 2.16. The highest BCUT2D eigenvalue weighted by molar-refractivity contribution is 6.30. The van der Waals surface area contributed by atoms with Gasteiger partial charge in [-0.25, -0.2) is 4.39 Å². The van der Waals surface area contributed by atoms with Crippen molar-refractivity contribution >= 4 is 17.3 Å². The van der Waals surface area contributed by atoms with Crippen molar-refractivity contribution < 1.29 is 4.39 Å². The van der Waals surface area contributed by atoms with E-state index in [9.17, 15) is 4.39 Å². The molecule has 2 aromatic carbocycles. The number of halogens is 2. The first kappa shape index (κ1) is 12.4. The Bertz CT molecular complexity index is 605. The molecule has 0 amide bonds. The monoisotopic (exact) mass is 260 g/mol. The second-order valence-electron chi connectivity index (χ2n) is 3.79. The molecule has 0 unspecified atom stereocenters. The average Bonchev–Trinajstić information content (AvgIpc) is 2.37. The van der Waals surface area contributed by atoms with Crippen molar-refractivity contribution in [2.45, 2.75) is 6.54 Å². The van der Waals surface area contributed by atoms with Gasteiger partial charge < -0.3 is 5.32 Å². The van der Waals surface area contributed by atoms with Crippen molar-refractivity contribution in [1.82, 2.24) is 0 Å². The molecule has 2 nitrogen and oxygen atoms in total. The maximum Gasteiger partial charge on any atom is 0.143 e. The molecular weight excluding hydrogens is 251 g/mol. The summed E-state index contributed by atoms with van der Waals surface area (Å²) in [4.78, 5) is 0. The van der Waals surface area contributed by atoms with Crippen LogP contribution in [0.4, 0.5) is 10.1 Å². The van der Waals surface area contributed by atoms with E-state index in [0.717, 1.165) is 5.56 Å². The summed E-state index contributed by atoms with van der Waals surface area (Å²) in [6, 6.07) is 13.6. The zero-order valence-corrected chi connectivity index (χ0v) is 10.2. The molecule has 0 heterocycles. The van der Waals surface area contributed by atoms with E-state index in [4.69, 9.17) is 16.9 Å². The molecule has 0 saturated heterocycles. The minimum Gasteiger partial charge on any atom is -0.381 e. The SMILES string of the molecule is N#Cc1ccc(NCc2cccc(Cl)c2)cc1F. The Morgan fingerprint density at radius 2 is 2.06 bits per heavy atom. The fraction of sp³-hybridized carbons (Fsp3) is 0.0714. The van der Waals surface area contributed by atoms with Gasteiger partial charge in [-0.1, -0.05) is 23.7 Å². The molecule has 0 aromatic heterocycles. The van der Waals surface area contributed by atoms with Crippen LogP contribution in [0.2, 0.25) is 5.02 Å². The van der Waals surface area contributed by atoms with Crippen molar-refractivity contribution in [2.24, 2.45) is 0 Å². The van der Waals surface area contributed by atoms with Gasteiger partial charge in [0.1, 0.15) is 11.9 Å². The summed E-state index contributed by atoms with van der Waals surface area (Å²) in [5, 5.41) is 12.4. The molecule has 4 heteroatoms. The van der Waals surface area contributed by atoms with Crippen LogP contribution < -0.4 is 5.32 Å². The lowest BCUT2D eigenvalue weighted by Crippen LogP contribution is -2.00. The van der Waals surface area contributed by atoms with Crippen molar-refractivity contribution in [3.8, 4) is 6.07 Å². The van der Waals surface area contributed by atoms with Gasteiger partial charge in [0, 0.05) is 17.3 Å². The number of nitrogens with one attached hydrogen (secondary N) is 1. The van der Waals surface area contributed by atoms with Crippen LogP contribution in [0.1, 0.15) is 11.1 Å². The molecule has 90 valence electrons. The van der Waals surface area contributed by atoms with Crippen molar-refractivity contribution in [2.75, 3.05) is 5.32 Å². The molecular formula is C14H10ClFN2. The zero-order chi connectivity index (χ0) is 13.0. The van der Waals surface area contributed by atoms with Crippen LogP contribution in [0, 0.1) is 17.1 Å². The van der Waals surface area contributed by atoms with Crippen LogP contribution >= 0.6 is 11.6 Å². The topological polar surface area (TPSA) is 35.8 Å². The summed E-state index contributed by atoms with van der Waals surface area (Å²) in [6.45, 7) is 0.548. The van der Waals surface area contributed by atoms with E-state index in [1.807, 2.05) is 18.2 Å². The third-order valence-corrected chi connectivity index (χ3v) is 2.71. The lowest BCUT2D eigenvalue weighted by Gasteiger charge is -2.07. The van der Waals surface area contributed by atoms with E-state index in [-0.39, 0.29) is 5.56 Å². The molecule has 0 spiro atoms. The van der Waals surface area contributed by atoms with E-state index in [1.165, 1.54) is 12.1 Å². The lowest BCUT2D eigenvalue weighted by atomic mass is 10.2. The number of hydrogen-bond donors (Lipinski definition) is 1. The Kier molecular flexibility index (Phi) is 3.81. The number of benzene rings is 2. The normalized spacial score (nSPS) is 9.83. The highest BCUT2D eigenvalue weighted by Gasteiger charge is 2.02. The molecule has 0 fully saturated rings. The first-order valence-electron chi connectivity index (χ1n) is 5.37. The molecule has 2 rings (SSSR count). The molecule has 2 aromatic rings. The molecule has 0 aliphatic carbocycles. The average molecular weight is 261 g/mol. The Morgan fingerprint density at radius 1 is 1.22 bits per heavy atom. The van der Waals surface area contributed by atoms with Crippen LogP contribution in [-0.4, -0.2) is 0 Å². The first-order valence-corrected chi connectivity index (χ1v) is 5.75. The molecule has 0 atom stereocenters. The van der Waals surface area contributed by atoms with Gasteiger partial charge in [-0.05, 0) is 35.9 Å². The number of nitrogens with zero attached hydrogens (tertiary/aromatic N) is 1. The summed E-state index contributed by atoms with van der Waals surface area (Å²) in [7, 11) is 0. The minimum atomic E-state index is -0.520. The fourth-order valence-electron chi connectivity index (χ4n) is 1.57. The summed E-state index contributed by atoms with van der Waals surface area (Å²) in [5.74, 6) is -0.520. The molecule has 0 aliphatic rings. The third kappa shape index (κ3) is 2.99. The van der Waals surface area contributed by atoms with Crippen LogP contribution in [0.3, 0.4) is 0 Å². The number of rotatable bonds is 3. The molecule has 1 N–H and O–H groups in total. The maximum atomic E-state index is 13.4. The van der Waals surface area contributed by atoms with Crippen LogP contribution in [0.5, 0.6) is 0 Å². The molecule has 0 radical (unpaired) electrons. The van der Waals surface area contributed by atoms with Crippen molar-refractivity contribution in [3.63, 3.8) is 0 Å². The minimum absolute atomic E-state index is 0.0447. The summed E-state index contributed by atoms with van der Waals surface area (Å²) < 4.78 is 13.4. The lowest BCUT2D eigenvalue weighted by molar-refractivity contribution is 0.624. The third-order valence-electron chi connectivity index (χ3n) is 2.48. The predicted octanol–water partition coefficient (Wildman–Crippen LogP) is 3.96. The largest absolute Gasteiger partial charge is 0.381 e. The Morgan fingerprint density at radius 3 is 2.72 bits per heavy atom. The zero-order valence-electron chi connectivity index (χ0n) is 9.45. The van der Waals surface area contributed by atoms with E-state index in [1.54, 1.807) is 18.2 Å². The summed E-state index contributed by atoms with van der Waals surface area (Å²) >= 11 is 5.87. The second-order valence-corrected chi connectivity index (χ2v) is 4.23. The van der Waals surface area contributed by atoms with Gasteiger partial charge in [-0.2, -0.15) is 5.26 Å². The molecule has 18 heavy (non-hydrogen) atoms.